The summed E-state index contributed by atoms with van der Waals surface area (Å²) in [5.41, 5.74) is 2.55. The highest BCUT2D eigenvalue weighted by molar-refractivity contribution is 5.64. The van der Waals surface area contributed by atoms with Crippen LogP contribution in [0.1, 0.15) is 58.3 Å². The second-order valence-corrected chi connectivity index (χ2v) is 5.98. The van der Waals surface area contributed by atoms with E-state index in [2.05, 4.69) is 55.5 Å². The molecule has 0 aliphatic rings. The van der Waals surface area contributed by atoms with Crippen LogP contribution in [-0.2, 0) is 4.79 Å². The van der Waals surface area contributed by atoms with E-state index in [1.807, 2.05) is 12.1 Å². The maximum atomic E-state index is 10.0. The van der Waals surface area contributed by atoms with Crippen molar-refractivity contribution in [2.24, 2.45) is 0 Å². The third-order valence-corrected chi connectivity index (χ3v) is 3.87. The highest BCUT2D eigenvalue weighted by Crippen LogP contribution is 2.17. The predicted molar refractivity (Wildman–Crippen MR) is 99.5 cm³/mol. The number of rotatable bonds is 9. The van der Waals surface area contributed by atoms with Gasteiger partial charge in [0.15, 0.2) is 0 Å². The molecule has 0 bridgehead atoms. The Hall–Kier alpha value is -2.09. The van der Waals surface area contributed by atoms with E-state index in [0.29, 0.717) is 0 Å². The van der Waals surface area contributed by atoms with Crippen molar-refractivity contribution in [2.75, 3.05) is 0 Å². The topological polar surface area (TPSA) is 40.1 Å². The van der Waals surface area contributed by atoms with Gasteiger partial charge in [0.2, 0.25) is 0 Å². The Morgan fingerprint density at radius 1 is 0.708 bits per heavy atom. The smallest absolute Gasteiger partial charge is 0.0414 e. The van der Waals surface area contributed by atoms with Gasteiger partial charge in [0.1, 0.15) is 0 Å². The minimum absolute atomic E-state index is 0.230. The average Bonchev–Trinajstić information content (AvgIpc) is 2.63. The van der Waals surface area contributed by atoms with Gasteiger partial charge in [-0.2, -0.15) is 0 Å². The van der Waals surface area contributed by atoms with E-state index in [9.17, 15) is 9.90 Å². The van der Waals surface area contributed by atoms with Crippen molar-refractivity contribution in [3.05, 3.63) is 60.7 Å². The number of hydrogen-bond donors (Lipinski definition) is 0. The molecular formula is C22H29O2-. The molecule has 0 N–H and O–H groups in total. The Labute approximate surface area is 146 Å². The van der Waals surface area contributed by atoms with Gasteiger partial charge >= 0.3 is 0 Å². The van der Waals surface area contributed by atoms with Crippen LogP contribution in [0.4, 0.5) is 0 Å². The number of carbonyl (C=O) groups excluding carboxylic acids is 1. The third-order valence-electron chi connectivity index (χ3n) is 3.87. The number of aliphatic carboxylic acids is 1. The minimum Gasteiger partial charge on any atom is -0.550 e. The summed E-state index contributed by atoms with van der Waals surface area (Å²) < 4.78 is 0. The summed E-state index contributed by atoms with van der Waals surface area (Å²) in [7, 11) is 0. The van der Waals surface area contributed by atoms with Gasteiger partial charge in [-0.25, -0.2) is 0 Å². The highest BCUT2D eigenvalue weighted by atomic mass is 16.4. The molecule has 2 aromatic carbocycles. The minimum atomic E-state index is -0.913. The Morgan fingerprint density at radius 2 is 1.12 bits per heavy atom. The zero-order valence-corrected chi connectivity index (χ0v) is 14.7. The van der Waals surface area contributed by atoms with Gasteiger partial charge in [-0.1, -0.05) is 106 Å². The normalized spacial score (nSPS) is 9.88. The largest absolute Gasteiger partial charge is 0.550 e. The lowest BCUT2D eigenvalue weighted by atomic mass is 10.1. The Bertz CT molecular complexity index is 497. The Kier molecular flexibility index (Phi) is 11.1. The van der Waals surface area contributed by atoms with E-state index in [1.165, 1.54) is 43.2 Å². The molecule has 2 heteroatoms. The summed E-state index contributed by atoms with van der Waals surface area (Å²) in [5, 5.41) is 10.0. The standard InChI is InChI=1S/C12H10.C10H20O2/c1-3-7-11(8-4-1)12-9-5-2-6-10-12;1-2-3-4-5-6-7-8-9-10(11)12/h1-10H;2-9H2,1H3,(H,11,12)/p-1. The van der Waals surface area contributed by atoms with Crippen molar-refractivity contribution in [3.8, 4) is 11.1 Å². The summed E-state index contributed by atoms with van der Waals surface area (Å²) in [4.78, 5) is 10.0. The number of hydrogen-bond acceptors (Lipinski definition) is 2. The van der Waals surface area contributed by atoms with Crippen LogP contribution in [0.15, 0.2) is 60.7 Å². The molecule has 2 aromatic rings. The van der Waals surface area contributed by atoms with Crippen molar-refractivity contribution >= 4 is 5.97 Å². The molecule has 0 radical (unpaired) electrons. The van der Waals surface area contributed by atoms with Crippen LogP contribution in [0.25, 0.3) is 11.1 Å². The molecule has 0 unspecified atom stereocenters. The number of unbranched alkanes of at least 4 members (excludes halogenated alkanes) is 6. The van der Waals surface area contributed by atoms with E-state index in [1.54, 1.807) is 0 Å². The maximum Gasteiger partial charge on any atom is 0.0414 e. The first-order valence-electron chi connectivity index (χ1n) is 9.04. The lowest BCUT2D eigenvalue weighted by Crippen LogP contribution is -2.21. The summed E-state index contributed by atoms with van der Waals surface area (Å²) in [6.07, 6.45) is 8.34. The fourth-order valence-corrected chi connectivity index (χ4v) is 2.49. The van der Waals surface area contributed by atoms with Crippen LogP contribution >= 0.6 is 0 Å². The van der Waals surface area contributed by atoms with E-state index in [0.717, 1.165) is 12.8 Å². The van der Waals surface area contributed by atoms with Crippen LogP contribution in [-0.4, -0.2) is 5.97 Å². The maximum absolute atomic E-state index is 10.0. The van der Waals surface area contributed by atoms with Crippen molar-refractivity contribution < 1.29 is 9.90 Å². The molecule has 0 aliphatic heterocycles. The van der Waals surface area contributed by atoms with Crippen LogP contribution in [0.3, 0.4) is 0 Å². The molecule has 0 atom stereocenters. The Morgan fingerprint density at radius 3 is 1.54 bits per heavy atom. The van der Waals surface area contributed by atoms with E-state index < -0.39 is 5.97 Å². The van der Waals surface area contributed by atoms with Crippen molar-refractivity contribution in [3.63, 3.8) is 0 Å². The van der Waals surface area contributed by atoms with E-state index in [-0.39, 0.29) is 6.42 Å². The quantitative estimate of drug-likeness (QED) is 0.592. The molecule has 0 heterocycles. The zero-order chi connectivity index (χ0) is 17.5. The molecule has 2 rings (SSSR count). The Balaban J connectivity index is 0.000000240. The summed E-state index contributed by atoms with van der Waals surface area (Å²) in [5.74, 6) is -0.913. The molecule has 0 amide bonds. The van der Waals surface area contributed by atoms with Gasteiger partial charge in [0, 0.05) is 5.97 Å². The van der Waals surface area contributed by atoms with Gasteiger partial charge < -0.3 is 9.90 Å². The molecule has 0 fully saturated rings. The molecule has 24 heavy (non-hydrogen) atoms. The fraction of sp³-hybridized carbons (Fsp3) is 0.409. The first-order chi connectivity index (χ1) is 11.7. The lowest BCUT2D eigenvalue weighted by Gasteiger charge is -2.01. The second-order valence-electron chi connectivity index (χ2n) is 5.98. The first-order valence-corrected chi connectivity index (χ1v) is 9.04. The number of carbonyl (C=O) groups is 1. The number of carboxylic acid groups (broad SMARTS) is 1. The van der Waals surface area contributed by atoms with Crippen molar-refractivity contribution in [1.29, 1.82) is 0 Å². The van der Waals surface area contributed by atoms with Gasteiger partial charge in [-0.3, -0.25) is 0 Å². The first kappa shape index (κ1) is 20.0. The fourth-order valence-electron chi connectivity index (χ4n) is 2.49. The van der Waals surface area contributed by atoms with Crippen LogP contribution in [0, 0.1) is 0 Å². The van der Waals surface area contributed by atoms with Gasteiger partial charge in [0.25, 0.3) is 0 Å². The molecule has 0 aliphatic carbocycles. The summed E-state index contributed by atoms with van der Waals surface area (Å²) in [6, 6.07) is 20.8. The average molecular weight is 325 g/mol. The molecular weight excluding hydrogens is 296 g/mol. The van der Waals surface area contributed by atoms with Gasteiger partial charge in [-0.15, -0.1) is 0 Å². The number of benzene rings is 2. The van der Waals surface area contributed by atoms with Gasteiger partial charge in [0.05, 0.1) is 0 Å². The second kappa shape index (κ2) is 13.4. The summed E-state index contributed by atoms with van der Waals surface area (Å²) >= 11 is 0. The van der Waals surface area contributed by atoms with E-state index in [4.69, 9.17) is 0 Å². The molecule has 130 valence electrons. The third kappa shape index (κ3) is 9.83. The molecule has 0 spiro atoms. The van der Waals surface area contributed by atoms with Crippen molar-refractivity contribution in [2.45, 2.75) is 58.3 Å². The molecule has 0 aromatic heterocycles. The summed E-state index contributed by atoms with van der Waals surface area (Å²) in [6.45, 7) is 2.19. The van der Waals surface area contributed by atoms with Crippen LogP contribution < -0.4 is 5.11 Å². The highest BCUT2D eigenvalue weighted by Gasteiger charge is 1.92. The SMILES string of the molecule is CCCCCCCCCC(=O)[O-].c1ccc(-c2ccccc2)cc1. The van der Waals surface area contributed by atoms with Crippen LogP contribution in [0.5, 0.6) is 0 Å². The van der Waals surface area contributed by atoms with Gasteiger partial charge in [-0.05, 0) is 24.0 Å². The lowest BCUT2D eigenvalue weighted by molar-refractivity contribution is -0.305. The predicted octanol–water partition coefficient (Wildman–Crippen LogP) is 5.23. The van der Waals surface area contributed by atoms with Crippen molar-refractivity contribution in [1.82, 2.24) is 0 Å². The zero-order valence-electron chi connectivity index (χ0n) is 14.7. The monoisotopic (exact) mass is 325 g/mol. The molecule has 0 saturated heterocycles. The number of carboxylic acids is 1. The van der Waals surface area contributed by atoms with E-state index >= 15 is 0 Å². The van der Waals surface area contributed by atoms with Crippen LogP contribution in [0.2, 0.25) is 0 Å². The molecule has 0 saturated carbocycles. The molecule has 2 nitrogen and oxygen atoms in total.